The molecule has 1 saturated heterocycles. The summed E-state index contributed by atoms with van der Waals surface area (Å²) in [5.74, 6) is 0.978. The normalized spacial score (nSPS) is 14.8. The maximum Gasteiger partial charge on any atom is 0.407 e. The summed E-state index contributed by atoms with van der Waals surface area (Å²) in [6.07, 6.45) is 2.35. The molecule has 0 radical (unpaired) electrons. The van der Waals surface area contributed by atoms with Crippen molar-refractivity contribution in [2.75, 3.05) is 36.8 Å². The molecule has 8 nitrogen and oxygen atoms in total. The van der Waals surface area contributed by atoms with Crippen LogP contribution in [0.4, 0.5) is 16.4 Å². The third-order valence-electron chi connectivity index (χ3n) is 3.67. The summed E-state index contributed by atoms with van der Waals surface area (Å²) in [5, 5.41) is 9.13. The predicted molar refractivity (Wildman–Crippen MR) is 86.5 cm³/mol. The number of nitrogen functional groups attached to an aromatic ring is 1. The van der Waals surface area contributed by atoms with Crippen LogP contribution in [0.25, 0.3) is 11.3 Å². The van der Waals surface area contributed by atoms with E-state index >= 15 is 0 Å². The number of anilines is 2. The van der Waals surface area contributed by atoms with Crippen molar-refractivity contribution in [1.29, 1.82) is 0 Å². The molecule has 1 aliphatic rings. The second-order valence-corrected chi connectivity index (χ2v) is 5.45. The van der Waals surface area contributed by atoms with Gasteiger partial charge in [0.2, 0.25) is 0 Å². The third-order valence-corrected chi connectivity index (χ3v) is 3.96. The number of hydrogen-bond donors (Lipinski definition) is 2. The molecule has 3 N–H and O–H groups in total. The van der Waals surface area contributed by atoms with E-state index in [4.69, 9.17) is 22.4 Å². The van der Waals surface area contributed by atoms with Gasteiger partial charge in [-0.05, 0) is 12.1 Å². The van der Waals surface area contributed by atoms with Crippen molar-refractivity contribution >= 4 is 29.3 Å². The summed E-state index contributed by atoms with van der Waals surface area (Å²) in [7, 11) is 0. The van der Waals surface area contributed by atoms with E-state index in [1.165, 1.54) is 4.90 Å². The molecule has 0 bridgehead atoms. The van der Waals surface area contributed by atoms with Crippen LogP contribution in [-0.4, -0.2) is 57.2 Å². The lowest BCUT2D eigenvalue weighted by Crippen LogP contribution is -2.48. The van der Waals surface area contributed by atoms with Gasteiger partial charge in [0.25, 0.3) is 0 Å². The first kappa shape index (κ1) is 15.3. The Hall–Kier alpha value is -2.61. The Morgan fingerprint density at radius 3 is 2.48 bits per heavy atom. The minimum atomic E-state index is -0.883. The zero-order valence-electron chi connectivity index (χ0n) is 12.2. The van der Waals surface area contributed by atoms with Gasteiger partial charge in [0.15, 0.2) is 11.0 Å². The molecule has 23 heavy (non-hydrogen) atoms. The summed E-state index contributed by atoms with van der Waals surface area (Å²) in [6, 6.07) is 3.75. The van der Waals surface area contributed by atoms with E-state index in [-0.39, 0.29) is 11.0 Å². The first-order valence-corrected chi connectivity index (χ1v) is 7.39. The molecular weight excluding hydrogens is 320 g/mol. The minimum Gasteiger partial charge on any atom is -0.465 e. The molecule has 0 saturated carbocycles. The molecule has 9 heteroatoms. The number of halogens is 1. The Morgan fingerprint density at radius 1 is 1.17 bits per heavy atom. The number of carbonyl (C=O) groups is 1. The lowest BCUT2D eigenvalue weighted by atomic mass is 10.2. The SMILES string of the molecule is Nc1nc(-c2ccc(N3CCN(C(=O)O)CC3)nc2)cnc1Cl. The Labute approximate surface area is 137 Å². The fourth-order valence-electron chi connectivity index (χ4n) is 2.38. The average molecular weight is 335 g/mol. The molecule has 1 aliphatic heterocycles. The van der Waals surface area contributed by atoms with E-state index in [1.54, 1.807) is 12.4 Å². The molecule has 0 aromatic carbocycles. The van der Waals surface area contributed by atoms with Crippen molar-refractivity contribution in [2.45, 2.75) is 0 Å². The van der Waals surface area contributed by atoms with Gasteiger partial charge in [0.05, 0.1) is 11.9 Å². The first-order chi connectivity index (χ1) is 11.0. The number of amides is 1. The van der Waals surface area contributed by atoms with Crippen LogP contribution in [0.2, 0.25) is 5.15 Å². The second kappa shape index (κ2) is 6.25. The molecule has 0 atom stereocenters. The van der Waals surface area contributed by atoms with Gasteiger partial charge in [-0.3, -0.25) is 0 Å². The van der Waals surface area contributed by atoms with Crippen molar-refractivity contribution in [3.63, 3.8) is 0 Å². The van der Waals surface area contributed by atoms with Gasteiger partial charge in [-0.2, -0.15) is 0 Å². The number of pyridine rings is 1. The van der Waals surface area contributed by atoms with E-state index in [0.29, 0.717) is 31.9 Å². The maximum absolute atomic E-state index is 10.9. The maximum atomic E-state index is 10.9. The highest BCUT2D eigenvalue weighted by Gasteiger charge is 2.21. The molecule has 120 valence electrons. The molecule has 3 heterocycles. The van der Waals surface area contributed by atoms with E-state index in [1.807, 2.05) is 17.0 Å². The molecule has 2 aromatic rings. The zero-order valence-corrected chi connectivity index (χ0v) is 12.9. The largest absolute Gasteiger partial charge is 0.465 e. The van der Waals surface area contributed by atoms with E-state index < -0.39 is 6.09 Å². The smallest absolute Gasteiger partial charge is 0.407 e. The fourth-order valence-corrected chi connectivity index (χ4v) is 2.47. The highest BCUT2D eigenvalue weighted by atomic mass is 35.5. The quantitative estimate of drug-likeness (QED) is 0.858. The zero-order chi connectivity index (χ0) is 16.4. The van der Waals surface area contributed by atoms with Crippen LogP contribution in [0.3, 0.4) is 0 Å². The Bertz CT molecular complexity index is 716. The Balaban J connectivity index is 1.72. The van der Waals surface area contributed by atoms with Crippen molar-refractivity contribution in [3.05, 3.63) is 29.7 Å². The summed E-state index contributed by atoms with van der Waals surface area (Å²) >= 11 is 5.76. The number of carboxylic acid groups (broad SMARTS) is 1. The van der Waals surface area contributed by atoms with Gasteiger partial charge in [-0.25, -0.2) is 19.7 Å². The fraction of sp³-hybridized carbons (Fsp3) is 0.286. The van der Waals surface area contributed by atoms with Gasteiger partial charge in [-0.1, -0.05) is 11.6 Å². The van der Waals surface area contributed by atoms with Crippen LogP contribution in [0.1, 0.15) is 0 Å². The van der Waals surface area contributed by atoms with E-state index in [2.05, 4.69) is 15.0 Å². The van der Waals surface area contributed by atoms with Crippen LogP contribution >= 0.6 is 11.6 Å². The van der Waals surface area contributed by atoms with Crippen LogP contribution in [0.5, 0.6) is 0 Å². The lowest BCUT2D eigenvalue weighted by molar-refractivity contribution is 0.142. The Morgan fingerprint density at radius 2 is 1.91 bits per heavy atom. The van der Waals surface area contributed by atoms with Crippen molar-refractivity contribution < 1.29 is 9.90 Å². The van der Waals surface area contributed by atoms with Crippen molar-refractivity contribution in [3.8, 4) is 11.3 Å². The summed E-state index contributed by atoms with van der Waals surface area (Å²) in [4.78, 5) is 26.9. The van der Waals surface area contributed by atoms with Crippen LogP contribution in [-0.2, 0) is 0 Å². The highest BCUT2D eigenvalue weighted by Crippen LogP contribution is 2.22. The lowest BCUT2D eigenvalue weighted by Gasteiger charge is -2.33. The van der Waals surface area contributed by atoms with Crippen LogP contribution in [0.15, 0.2) is 24.5 Å². The average Bonchev–Trinajstić information content (AvgIpc) is 2.57. The third kappa shape index (κ3) is 3.26. The summed E-state index contributed by atoms with van der Waals surface area (Å²) < 4.78 is 0. The van der Waals surface area contributed by atoms with Gasteiger partial charge in [0, 0.05) is 37.9 Å². The molecular formula is C14H15ClN6O2. The monoisotopic (exact) mass is 334 g/mol. The number of piperazine rings is 1. The van der Waals surface area contributed by atoms with Gasteiger partial charge >= 0.3 is 6.09 Å². The number of hydrogen-bond acceptors (Lipinski definition) is 6. The van der Waals surface area contributed by atoms with Crippen LogP contribution in [0, 0.1) is 0 Å². The minimum absolute atomic E-state index is 0.176. The standard InChI is InChI=1S/C14H15ClN6O2/c15-12-13(16)19-10(8-18-12)9-1-2-11(17-7-9)20-3-5-21(6-4-20)14(22)23/h1-2,7-8H,3-6H2,(H2,16,19)(H,22,23). The second-order valence-electron chi connectivity index (χ2n) is 5.09. The summed E-state index contributed by atoms with van der Waals surface area (Å²) in [6.45, 7) is 2.18. The van der Waals surface area contributed by atoms with Gasteiger partial charge in [-0.15, -0.1) is 0 Å². The first-order valence-electron chi connectivity index (χ1n) is 7.02. The summed E-state index contributed by atoms with van der Waals surface area (Å²) in [5.41, 5.74) is 7.04. The molecule has 0 unspecified atom stereocenters. The molecule has 1 amide bonds. The van der Waals surface area contributed by atoms with Crippen LogP contribution < -0.4 is 10.6 Å². The highest BCUT2D eigenvalue weighted by molar-refractivity contribution is 6.31. The van der Waals surface area contributed by atoms with Gasteiger partial charge < -0.3 is 20.6 Å². The molecule has 1 fully saturated rings. The Kier molecular flexibility index (Phi) is 4.16. The predicted octanol–water partition coefficient (Wildman–Crippen LogP) is 1.57. The van der Waals surface area contributed by atoms with E-state index in [0.717, 1.165) is 11.4 Å². The van der Waals surface area contributed by atoms with Gasteiger partial charge in [0.1, 0.15) is 5.82 Å². The number of aromatic nitrogens is 3. The van der Waals surface area contributed by atoms with Crippen molar-refractivity contribution in [1.82, 2.24) is 19.9 Å². The molecule has 2 aromatic heterocycles. The molecule has 0 spiro atoms. The molecule has 0 aliphatic carbocycles. The number of rotatable bonds is 2. The number of nitrogens with zero attached hydrogens (tertiary/aromatic N) is 5. The van der Waals surface area contributed by atoms with E-state index in [9.17, 15) is 4.79 Å². The number of nitrogens with two attached hydrogens (primary N) is 1. The molecule has 3 rings (SSSR count). The topological polar surface area (TPSA) is 108 Å². The van der Waals surface area contributed by atoms with Crippen molar-refractivity contribution in [2.24, 2.45) is 0 Å².